The molecule has 0 aliphatic carbocycles. The van der Waals surface area contributed by atoms with E-state index in [1.807, 2.05) is 24.1 Å². The van der Waals surface area contributed by atoms with Crippen LogP contribution in [0.1, 0.15) is 18.1 Å². The summed E-state index contributed by atoms with van der Waals surface area (Å²) in [6.45, 7) is 2.15. The van der Waals surface area contributed by atoms with Gasteiger partial charge in [0.1, 0.15) is 40.6 Å². The van der Waals surface area contributed by atoms with Gasteiger partial charge in [-0.2, -0.15) is 15.2 Å². The summed E-state index contributed by atoms with van der Waals surface area (Å²) < 4.78 is 43.5. The second-order valence-corrected chi connectivity index (χ2v) is 10.8. The van der Waals surface area contributed by atoms with Crippen molar-refractivity contribution in [3.05, 3.63) is 58.2 Å². The standard InChI is InChI=1S/C28H22ClF2N7O2S/c1-3-39-28-36-22-19-23(40-11-13(38(2)27(19)37-28)9-12-5-4-8-35-25(12)33)20(29)18(21(22)31)14-6-7-16(30)24-17(14)15(10-32)26(34)41-24/h4-8,13H,3,9,11,34H2,1-2H3,(H2,33,35). The summed E-state index contributed by atoms with van der Waals surface area (Å²) in [4.78, 5) is 15.0. The van der Waals surface area contributed by atoms with Crippen LogP contribution in [-0.4, -0.2) is 41.3 Å². The molecule has 5 aromatic rings. The van der Waals surface area contributed by atoms with Gasteiger partial charge in [-0.3, -0.25) is 0 Å². The van der Waals surface area contributed by atoms with E-state index < -0.39 is 11.6 Å². The SMILES string of the molecule is CCOc1nc2c3c(c(Cl)c(-c4ccc(F)c5sc(N)c(C#N)c45)c(F)c3n1)OCC(Cc1cccnc1N)N2C. The van der Waals surface area contributed by atoms with Crippen molar-refractivity contribution in [2.75, 3.05) is 36.6 Å². The maximum Gasteiger partial charge on any atom is 0.319 e. The molecule has 4 N–H and O–H groups in total. The summed E-state index contributed by atoms with van der Waals surface area (Å²) in [5.41, 5.74) is 13.0. The number of rotatable bonds is 5. The number of nitriles is 1. The number of fused-ring (bicyclic) bond motifs is 1. The average Bonchev–Trinajstić information content (AvgIpc) is 3.23. The molecule has 41 heavy (non-hydrogen) atoms. The Kier molecular flexibility index (Phi) is 6.63. The zero-order chi connectivity index (χ0) is 29.0. The maximum atomic E-state index is 16.7. The van der Waals surface area contributed by atoms with Gasteiger partial charge in [0.25, 0.3) is 0 Å². The van der Waals surface area contributed by atoms with Crippen molar-refractivity contribution in [2.45, 2.75) is 19.4 Å². The summed E-state index contributed by atoms with van der Waals surface area (Å²) in [5.74, 6) is -0.486. The fraction of sp³-hybridized carbons (Fsp3) is 0.214. The molecule has 2 aromatic carbocycles. The summed E-state index contributed by atoms with van der Waals surface area (Å²) >= 11 is 7.83. The van der Waals surface area contributed by atoms with E-state index in [0.29, 0.717) is 18.1 Å². The molecule has 0 saturated heterocycles. The second kappa shape index (κ2) is 10.2. The molecule has 0 fully saturated rings. The Morgan fingerprint density at radius 2 is 2.05 bits per heavy atom. The quantitative estimate of drug-likeness (QED) is 0.262. The zero-order valence-corrected chi connectivity index (χ0v) is 23.4. The highest BCUT2D eigenvalue weighted by Gasteiger charge is 2.33. The Morgan fingerprint density at radius 1 is 1.24 bits per heavy atom. The Bertz CT molecular complexity index is 1910. The molecule has 1 aliphatic rings. The Morgan fingerprint density at radius 3 is 2.78 bits per heavy atom. The van der Waals surface area contributed by atoms with Crippen molar-refractivity contribution in [1.82, 2.24) is 15.0 Å². The van der Waals surface area contributed by atoms with Gasteiger partial charge in [-0.05, 0) is 36.6 Å². The molecule has 208 valence electrons. The minimum Gasteiger partial charge on any atom is -0.489 e. The molecule has 1 aliphatic heterocycles. The lowest BCUT2D eigenvalue weighted by Gasteiger charge is -2.27. The van der Waals surface area contributed by atoms with Crippen LogP contribution in [-0.2, 0) is 6.42 Å². The minimum absolute atomic E-state index is 0.0362. The van der Waals surface area contributed by atoms with Crippen LogP contribution in [0.3, 0.4) is 0 Å². The average molecular weight is 594 g/mol. The van der Waals surface area contributed by atoms with E-state index >= 15 is 4.39 Å². The van der Waals surface area contributed by atoms with Gasteiger partial charge in [-0.1, -0.05) is 23.7 Å². The molecule has 0 radical (unpaired) electrons. The molecule has 13 heteroatoms. The lowest BCUT2D eigenvalue weighted by Crippen LogP contribution is -2.38. The number of hydrogen-bond donors (Lipinski definition) is 2. The topological polar surface area (TPSA) is 136 Å². The first kappa shape index (κ1) is 26.7. The second-order valence-electron chi connectivity index (χ2n) is 9.40. The molecule has 6 rings (SSSR count). The number of nitrogens with two attached hydrogens (primary N) is 2. The van der Waals surface area contributed by atoms with Gasteiger partial charge >= 0.3 is 6.01 Å². The first-order valence-electron chi connectivity index (χ1n) is 12.6. The molecule has 4 heterocycles. The first-order chi connectivity index (χ1) is 19.7. The number of ether oxygens (including phenoxy) is 2. The maximum absolute atomic E-state index is 16.7. The molecule has 9 nitrogen and oxygen atoms in total. The Hall–Kier alpha value is -4.47. The van der Waals surface area contributed by atoms with Crippen LogP contribution in [0.25, 0.3) is 32.1 Å². The van der Waals surface area contributed by atoms with E-state index in [4.69, 9.17) is 32.5 Å². The smallest absolute Gasteiger partial charge is 0.319 e. The predicted octanol–water partition coefficient (Wildman–Crippen LogP) is 5.71. The number of nitrogens with zero attached hydrogens (tertiary/aromatic N) is 5. The van der Waals surface area contributed by atoms with Crippen LogP contribution in [0.2, 0.25) is 5.02 Å². The van der Waals surface area contributed by atoms with Gasteiger partial charge in [-0.25, -0.2) is 13.8 Å². The van der Waals surface area contributed by atoms with Gasteiger partial charge in [0, 0.05) is 24.2 Å². The van der Waals surface area contributed by atoms with Crippen LogP contribution in [0.4, 0.5) is 25.4 Å². The molecule has 0 spiro atoms. The molecule has 0 saturated carbocycles. The normalized spacial score (nSPS) is 14.6. The van der Waals surface area contributed by atoms with E-state index in [9.17, 15) is 9.65 Å². The third-order valence-electron chi connectivity index (χ3n) is 7.10. The summed E-state index contributed by atoms with van der Waals surface area (Å²) in [6, 6.07) is 7.90. The van der Waals surface area contributed by atoms with E-state index in [0.717, 1.165) is 16.9 Å². The van der Waals surface area contributed by atoms with Crippen molar-refractivity contribution >= 4 is 60.6 Å². The number of benzene rings is 2. The minimum atomic E-state index is -0.799. The Balaban J connectivity index is 1.63. The predicted molar refractivity (Wildman–Crippen MR) is 156 cm³/mol. The van der Waals surface area contributed by atoms with Crippen LogP contribution in [0, 0.1) is 23.0 Å². The van der Waals surface area contributed by atoms with Gasteiger partial charge < -0.3 is 25.8 Å². The zero-order valence-electron chi connectivity index (χ0n) is 21.8. The van der Waals surface area contributed by atoms with E-state index in [1.165, 1.54) is 12.1 Å². The number of halogens is 3. The number of thiophene rings is 1. The monoisotopic (exact) mass is 593 g/mol. The number of nitrogen functional groups attached to an aromatic ring is 2. The van der Waals surface area contributed by atoms with Gasteiger partial charge in [0.2, 0.25) is 0 Å². The van der Waals surface area contributed by atoms with Crippen molar-refractivity contribution in [2.24, 2.45) is 0 Å². The van der Waals surface area contributed by atoms with Crippen LogP contribution in [0.15, 0.2) is 30.5 Å². The largest absolute Gasteiger partial charge is 0.489 e. The van der Waals surface area contributed by atoms with E-state index in [1.54, 1.807) is 19.2 Å². The molecule has 1 unspecified atom stereocenters. The number of pyridine rings is 1. The highest BCUT2D eigenvalue weighted by Crippen LogP contribution is 2.50. The molecular weight excluding hydrogens is 572 g/mol. The molecule has 1 atom stereocenters. The van der Waals surface area contributed by atoms with Crippen LogP contribution >= 0.6 is 22.9 Å². The number of aromatic nitrogens is 3. The van der Waals surface area contributed by atoms with Crippen molar-refractivity contribution < 1.29 is 18.3 Å². The lowest BCUT2D eigenvalue weighted by atomic mass is 9.96. The van der Waals surface area contributed by atoms with Gasteiger partial charge in [0.05, 0.1) is 33.3 Å². The number of likely N-dealkylation sites (N-methyl/N-ethyl adjacent to an activating group) is 1. The fourth-order valence-electron chi connectivity index (χ4n) is 5.10. The third kappa shape index (κ3) is 4.20. The van der Waals surface area contributed by atoms with Crippen LogP contribution in [0.5, 0.6) is 11.8 Å². The van der Waals surface area contributed by atoms with E-state index in [-0.39, 0.29) is 78.7 Å². The molecular formula is C28H22ClF2N7O2S. The lowest BCUT2D eigenvalue weighted by molar-refractivity contribution is 0.291. The molecule has 3 aromatic heterocycles. The van der Waals surface area contributed by atoms with Crippen molar-refractivity contribution in [1.29, 1.82) is 5.26 Å². The van der Waals surface area contributed by atoms with Crippen LogP contribution < -0.4 is 25.8 Å². The summed E-state index contributed by atoms with van der Waals surface area (Å²) in [5, 5.41) is 10.3. The number of anilines is 3. The Labute approximate surface area is 241 Å². The molecule has 0 amide bonds. The summed E-state index contributed by atoms with van der Waals surface area (Å²) in [7, 11) is 1.81. The van der Waals surface area contributed by atoms with Gasteiger partial charge in [0.15, 0.2) is 11.6 Å². The third-order valence-corrected chi connectivity index (χ3v) is 8.49. The van der Waals surface area contributed by atoms with Gasteiger partial charge in [-0.15, -0.1) is 11.3 Å². The summed E-state index contributed by atoms with van der Waals surface area (Å²) in [6.07, 6.45) is 2.06. The highest BCUT2D eigenvalue weighted by molar-refractivity contribution is 7.23. The fourth-order valence-corrected chi connectivity index (χ4v) is 6.39. The van der Waals surface area contributed by atoms with E-state index in [2.05, 4.69) is 15.0 Å². The highest BCUT2D eigenvalue weighted by atomic mass is 35.5. The van der Waals surface area contributed by atoms with Crippen molar-refractivity contribution in [3.8, 4) is 29.0 Å². The molecule has 0 bridgehead atoms. The number of hydrogen-bond acceptors (Lipinski definition) is 10. The van der Waals surface area contributed by atoms with Crippen molar-refractivity contribution in [3.63, 3.8) is 0 Å². The first-order valence-corrected chi connectivity index (χ1v) is 13.8.